The molecule has 5 N–H and O–H groups in total. The van der Waals surface area contributed by atoms with E-state index in [1.54, 1.807) is 37.4 Å². The van der Waals surface area contributed by atoms with E-state index < -0.39 is 11.6 Å². The number of hydrogen-bond donors (Lipinski definition) is 5. The largest absolute Gasteiger partial charge is 0.508 e. The average Bonchev–Trinajstić information content (AvgIpc) is 3.08. The second-order valence-corrected chi connectivity index (χ2v) is 8.75. The van der Waals surface area contributed by atoms with E-state index in [-0.39, 0.29) is 23.2 Å². The summed E-state index contributed by atoms with van der Waals surface area (Å²) in [5, 5.41) is 22.8. The van der Waals surface area contributed by atoms with E-state index in [1.807, 2.05) is 0 Å². The molecule has 10 heteroatoms. The van der Waals surface area contributed by atoms with Crippen LogP contribution in [0, 0.1) is 0 Å². The van der Waals surface area contributed by atoms with E-state index >= 15 is 0 Å². The zero-order chi connectivity index (χ0) is 23.9. The molecule has 0 saturated heterocycles. The Bertz CT molecular complexity index is 1260. The summed E-state index contributed by atoms with van der Waals surface area (Å²) in [4.78, 5) is 25.4. The van der Waals surface area contributed by atoms with Gasteiger partial charge in [-0.3, -0.25) is 10.2 Å². The van der Waals surface area contributed by atoms with Gasteiger partial charge < -0.3 is 25.0 Å². The molecular formula is C24H21N3O6S. The summed E-state index contributed by atoms with van der Waals surface area (Å²) in [5.74, 6) is 0.646. The monoisotopic (exact) mass is 479 g/mol. The van der Waals surface area contributed by atoms with Gasteiger partial charge in [-0.05, 0) is 43.4 Å². The predicted molar refractivity (Wildman–Crippen MR) is 126 cm³/mol. The van der Waals surface area contributed by atoms with Gasteiger partial charge in [0.05, 0.1) is 17.2 Å². The van der Waals surface area contributed by atoms with Gasteiger partial charge >= 0.3 is 5.97 Å². The van der Waals surface area contributed by atoms with Crippen molar-refractivity contribution in [3.63, 3.8) is 0 Å². The number of nitrogens with one attached hydrogen (secondary N) is 3. The first-order valence-electron chi connectivity index (χ1n) is 10.4. The number of anilines is 1. The third-order valence-corrected chi connectivity index (χ3v) is 6.46. The van der Waals surface area contributed by atoms with Crippen LogP contribution in [0.2, 0.25) is 0 Å². The van der Waals surface area contributed by atoms with E-state index in [9.17, 15) is 19.8 Å². The van der Waals surface area contributed by atoms with Crippen molar-refractivity contribution >= 4 is 29.3 Å². The van der Waals surface area contributed by atoms with E-state index in [1.165, 1.54) is 36.0 Å². The molecule has 0 aliphatic carbocycles. The highest BCUT2D eigenvalue weighted by Crippen LogP contribution is 2.57. The van der Waals surface area contributed by atoms with Gasteiger partial charge in [0, 0.05) is 34.5 Å². The molecule has 1 spiro atoms. The molecule has 2 aliphatic heterocycles. The molecule has 0 saturated carbocycles. The molecule has 0 atom stereocenters. The SMILES string of the molecule is CNNCSCC(=O)Nc1ccc2c(c1)C(=O)OC21c2ccc(O)cc2Oc2cc(O)ccc21. The number of ether oxygens (including phenoxy) is 2. The van der Waals surface area contributed by atoms with Crippen molar-refractivity contribution < 1.29 is 29.3 Å². The van der Waals surface area contributed by atoms with Crippen molar-refractivity contribution in [3.8, 4) is 23.0 Å². The quantitative estimate of drug-likeness (QED) is 0.157. The van der Waals surface area contributed by atoms with Gasteiger partial charge in [-0.1, -0.05) is 6.07 Å². The van der Waals surface area contributed by atoms with Crippen LogP contribution in [0.4, 0.5) is 5.69 Å². The molecule has 0 bridgehead atoms. The molecule has 34 heavy (non-hydrogen) atoms. The van der Waals surface area contributed by atoms with Crippen molar-refractivity contribution in [1.82, 2.24) is 10.9 Å². The number of hydrogen-bond acceptors (Lipinski definition) is 9. The van der Waals surface area contributed by atoms with Crippen LogP contribution in [0.25, 0.3) is 0 Å². The number of fused-ring (bicyclic) bond motifs is 6. The Balaban J connectivity index is 1.55. The van der Waals surface area contributed by atoms with Crippen LogP contribution in [0.1, 0.15) is 27.0 Å². The van der Waals surface area contributed by atoms with Crippen molar-refractivity contribution in [2.75, 3.05) is 24.0 Å². The first-order chi connectivity index (χ1) is 16.4. The number of carbonyl (C=O) groups excluding carboxylic acids is 2. The summed E-state index contributed by atoms with van der Waals surface area (Å²) in [7, 11) is 1.75. The van der Waals surface area contributed by atoms with Crippen molar-refractivity contribution in [2.45, 2.75) is 5.60 Å². The van der Waals surface area contributed by atoms with Crippen LogP contribution in [0.5, 0.6) is 23.0 Å². The van der Waals surface area contributed by atoms with Crippen molar-refractivity contribution in [3.05, 3.63) is 76.9 Å². The summed E-state index contributed by atoms with van der Waals surface area (Å²) >= 11 is 1.40. The highest BCUT2D eigenvalue weighted by atomic mass is 32.2. The summed E-state index contributed by atoms with van der Waals surface area (Å²) in [6.45, 7) is 0. The van der Waals surface area contributed by atoms with Gasteiger partial charge in [-0.25, -0.2) is 10.2 Å². The highest BCUT2D eigenvalue weighted by Gasteiger charge is 2.53. The zero-order valence-corrected chi connectivity index (χ0v) is 18.9. The lowest BCUT2D eigenvalue weighted by Crippen LogP contribution is -2.32. The fourth-order valence-electron chi connectivity index (χ4n) is 4.25. The summed E-state index contributed by atoms with van der Waals surface area (Å²) in [6, 6.07) is 14.2. The van der Waals surface area contributed by atoms with Crippen LogP contribution in [0.15, 0.2) is 54.6 Å². The zero-order valence-electron chi connectivity index (χ0n) is 18.0. The molecule has 5 rings (SSSR count). The average molecular weight is 480 g/mol. The number of carbonyl (C=O) groups is 2. The molecule has 1 amide bonds. The van der Waals surface area contributed by atoms with Gasteiger partial charge in [-0.15, -0.1) is 11.8 Å². The van der Waals surface area contributed by atoms with Gasteiger partial charge in [-0.2, -0.15) is 0 Å². The minimum atomic E-state index is -1.33. The van der Waals surface area contributed by atoms with E-state index in [4.69, 9.17) is 9.47 Å². The lowest BCUT2D eigenvalue weighted by molar-refractivity contribution is -0.113. The molecule has 3 aromatic rings. The van der Waals surface area contributed by atoms with Gasteiger partial charge in [0.2, 0.25) is 5.91 Å². The Morgan fingerprint density at radius 3 is 2.26 bits per heavy atom. The molecule has 3 aromatic carbocycles. The molecule has 0 radical (unpaired) electrons. The third-order valence-electron chi connectivity index (χ3n) is 5.64. The number of amides is 1. The fourth-order valence-corrected chi connectivity index (χ4v) is 4.85. The van der Waals surface area contributed by atoms with Gasteiger partial charge in [0.15, 0.2) is 5.60 Å². The Labute approximate surface area is 199 Å². The molecule has 0 unspecified atom stereocenters. The molecular weight excluding hydrogens is 458 g/mol. The number of phenols is 2. The molecule has 9 nitrogen and oxygen atoms in total. The van der Waals surface area contributed by atoms with Crippen LogP contribution < -0.4 is 20.9 Å². The Hall–Kier alpha value is -3.73. The van der Waals surface area contributed by atoms with Gasteiger partial charge in [0.25, 0.3) is 0 Å². The maximum absolute atomic E-state index is 13.1. The number of aromatic hydroxyl groups is 2. The van der Waals surface area contributed by atoms with E-state index in [2.05, 4.69) is 16.2 Å². The maximum Gasteiger partial charge on any atom is 0.340 e. The summed E-state index contributed by atoms with van der Waals surface area (Å²) in [5.41, 5.74) is 6.79. The molecule has 2 heterocycles. The number of benzene rings is 3. The van der Waals surface area contributed by atoms with Crippen LogP contribution in [0.3, 0.4) is 0 Å². The Morgan fingerprint density at radius 1 is 0.971 bits per heavy atom. The second-order valence-electron chi connectivity index (χ2n) is 7.76. The topological polar surface area (TPSA) is 129 Å². The van der Waals surface area contributed by atoms with Crippen LogP contribution in [-0.2, 0) is 15.1 Å². The summed E-state index contributed by atoms with van der Waals surface area (Å²) in [6.07, 6.45) is 0. The predicted octanol–water partition coefficient (Wildman–Crippen LogP) is 3.02. The molecule has 2 aliphatic rings. The van der Waals surface area contributed by atoms with E-state index in [0.717, 1.165) is 0 Å². The lowest BCUT2D eigenvalue weighted by atomic mass is 9.77. The second kappa shape index (κ2) is 8.56. The molecule has 0 aromatic heterocycles. The smallest absolute Gasteiger partial charge is 0.340 e. The van der Waals surface area contributed by atoms with Crippen molar-refractivity contribution in [2.24, 2.45) is 0 Å². The van der Waals surface area contributed by atoms with Gasteiger partial charge in [0.1, 0.15) is 23.0 Å². The first-order valence-corrected chi connectivity index (χ1v) is 11.6. The number of hydrazine groups is 1. The van der Waals surface area contributed by atoms with Crippen molar-refractivity contribution in [1.29, 1.82) is 0 Å². The van der Waals surface area contributed by atoms with E-state index in [0.29, 0.717) is 45.3 Å². The number of thioether (sulfide) groups is 1. The molecule has 174 valence electrons. The third kappa shape index (κ3) is 3.61. The standard InChI is InChI=1S/C24H21N3O6S/c1-25-26-12-34-11-22(30)27-13-2-5-17-16(8-13)23(31)33-24(17)18-6-3-14(28)9-20(18)32-21-10-15(29)4-7-19(21)24/h2-10,25-26,28-29H,11-12H2,1H3,(H,27,30). The lowest BCUT2D eigenvalue weighted by Gasteiger charge is -2.36. The Morgan fingerprint density at radius 2 is 1.62 bits per heavy atom. The summed E-state index contributed by atoms with van der Waals surface area (Å²) < 4.78 is 12.0. The minimum Gasteiger partial charge on any atom is -0.508 e. The number of esters is 1. The normalized spacial score (nSPS) is 14.6. The molecule has 0 fully saturated rings. The fraction of sp³-hybridized carbons (Fsp3) is 0.167. The maximum atomic E-state index is 13.1. The van der Waals surface area contributed by atoms with Crippen LogP contribution in [-0.4, -0.2) is 40.8 Å². The first kappa shape index (κ1) is 22.1. The Kier molecular flexibility index (Phi) is 5.56. The minimum absolute atomic E-state index is 0.0112. The highest BCUT2D eigenvalue weighted by molar-refractivity contribution is 7.99. The number of phenolic OH excluding ortho intramolecular Hbond substituents is 2. The van der Waals surface area contributed by atoms with Crippen LogP contribution >= 0.6 is 11.8 Å². The number of rotatable bonds is 6.